The van der Waals surface area contributed by atoms with E-state index in [-0.39, 0.29) is 23.4 Å². The van der Waals surface area contributed by atoms with Crippen LogP contribution in [0.15, 0.2) is 0 Å². The highest BCUT2D eigenvalue weighted by atomic mass is 79.9. The molecule has 0 heterocycles. The molecule has 0 aromatic rings. The van der Waals surface area contributed by atoms with Gasteiger partial charge < -0.3 is 31.3 Å². The molecule has 0 radical (unpaired) electrons. The molecule has 0 aromatic carbocycles. The van der Waals surface area contributed by atoms with E-state index in [2.05, 4.69) is 0 Å². The molecule has 0 aliphatic heterocycles. The summed E-state index contributed by atoms with van der Waals surface area (Å²) in [5.74, 6) is -1.39. The fourth-order valence-electron chi connectivity index (χ4n) is 1.18. The second-order valence-corrected chi connectivity index (χ2v) is 4.30. The van der Waals surface area contributed by atoms with Crippen LogP contribution in [-0.4, -0.2) is 55.3 Å². The van der Waals surface area contributed by atoms with Crippen LogP contribution in [-0.2, 0) is 14.3 Å². The average Bonchev–Trinajstić information content (AvgIpc) is 1.77. The number of ether oxygens (including phenoxy) is 1. The Balaban J connectivity index is 0. The zero-order valence-corrected chi connectivity index (χ0v) is 11.1. The molecule has 0 fully saturated rings. The quantitative estimate of drug-likeness (QED) is 0.435. The second kappa shape index (κ2) is 6.79. The number of carbonyl (C=O) groups is 2. The normalized spacial score (nSPS) is 12.5. The summed E-state index contributed by atoms with van der Waals surface area (Å²) < 4.78 is 5.46. The van der Waals surface area contributed by atoms with Gasteiger partial charge in [0, 0.05) is 6.92 Å². The summed E-state index contributed by atoms with van der Waals surface area (Å²) in [4.78, 5) is 21.2. The Morgan fingerprint density at radius 1 is 1.33 bits per heavy atom. The smallest absolute Gasteiger partial charge is 0.307 e. The van der Waals surface area contributed by atoms with Crippen LogP contribution in [0.2, 0.25) is 0 Å². The minimum atomic E-state index is -0.954. The zero-order chi connectivity index (χ0) is 11.4. The van der Waals surface area contributed by atoms with Crippen LogP contribution in [0.4, 0.5) is 0 Å². The molecule has 0 saturated carbocycles. The van der Waals surface area contributed by atoms with E-state index in [0.717, 1.165) is 0 Å². The number of carboxylic acids is 1. The molecule has 0 saturated heterocycles. The van der Waals surface area contributed by atoms with Gasteiger partial charge in [0.15, 0.2) is 6.10 Å². The average molecular weight is 284 g/mol. The van der Waals surface area contributed by atoms with Gasteiger partial charge in [0.05, 0.1) is 27.6 Å². The fraction of sp³-hybridized carbons (Fsp3) is 0.778. The molecule has 6 heteroatoms. The Kier molecular flexibility index (Phi) is 7.60. The van der Waals surface area contributed by atoms with E-state index >= 15 is 0 Å². The number of rotatable bonds is 5. The molecule has 0 aliphatic rings. The Morgan fingerprint density at radius 3 is 2.07 bits per heavy atom. The first kappa shape index (κ1) is 16.8. The van der Waals surface area contributed by atoms with Crippen molar-refractivity contribution in [2.45, 2.75) is 19.4 Å². The van der Waals surface area contributed by atoms with Crippen LogP contribution in [0.1, 0.15) is 13.3 Å². The number of esters is 1. The van der Waals surface area contributed by atoms with Gasteiger partial charge in [0.1, 0.15) is 6.54 Å². The lowest BCUT2D eigenvalue weighted by atomic mass is 10.2. The summed E-state index contributed by atoms with van der Waals surface area (Å²) in [6.45, 7) is 1.77. The Hall–Kier alpha value is -0.620. The summed E-state index contributed by atoms with van der Waals surface area (Å²) >= 11 is 0. The lowest BCUT2D eigenvalue weighted by Gasteiger charge is -2.28. The van der Waals surface area contributed by atoms with E-state index in [4.69, 9.17) is 9.84 Å². The monoisotopic (exact) mass is 283 g/mol. The highest BCUT2D eigenvalue weighted by Crippen LogP contribution is 2.04. The molecule has 1 N–H and O–H groups in total. The third-order valence-electron chi connectivity index (χ3n) is 1.49. The maximum atomic E-state index is 10.7. The van der Waals surface area contributed by atoms with Crippen molar-refractivity contribution in [3.05, 3.63) is 0 Å². The van der Waals surface area contributed by atoms with Crippen LogP contribution in [0.25, 0.3) is 0 Å². The third-order valence-corrected chi connectivity index (χ3v) is 1.49. The van der Waals surface area contributed by atoms with Gasteiger partial charge in [0.25, 0.3) is 0 Å². The molecule has 5 nitrogen and oxygen atoms in total. The highest BCUT2D eigenvalue weighted by molar-refractivity contribution is 5.69. The standard InChI is InChI=1S/C9H17NO4.BrH/c1-7(11)14-8(5-9(12)13)6-10(2,3)4;/h8H,5-6H2,1-4H3;1H. The number of hydrogen-bond donors (Lipinski definition) is 1. The first-order chi connectivity index (χ1) is 6.20. The van der Waals surface area contributed by atoms with E-state index in [0.29, 0.717) is 11.0 Å². The Bertz CT molecular complexity index is 209. The molecule has 0 aliphatic carbocycles. The predicted octanol–water partition coefficient (Wildman–Crippen LogP) is -2.90. The summed E-state index contributed by atoms with van der Waals surface area (Å²) in [7, 11) is 5.75. The van der Waals surface area contributed by atoms with Crippen LogP contribution >= 0.6 is 0 Å². The number of likely N-dealkylation sites (N-methyl/N-ethyl adjacent to an activating group) is 1. The summed E-state index contributed by atoms with van der Waals surface area (Å²) in [6.07, 6.45) is -0.695. The summed E-state index contributed by atoms with van der Waals surface area (Å²) in [5, 5.41) is 8.60. The zero-order valence-electron chi connectivity index (χ0n) is 9.49. The van der Waals surface area contributed by atoms with Crippen molar-refractivity contribution in [3.63, 3.8) is 0 Å². The van der Waals surface area contributed by atoms with Gasteiger partial charge in [-0.05, 0) is 0 Å². The predicted molar refractivity (Wildman–Crippen MR) is 50.7 cm³/mol. The maximum absolute atomic E-state index is 10.7. The van der Waals surface area contributed by atoms with Crippen LogP contribution < -0.4 is 17.0 Å². The molecule has 1 unspecified atom stereocenters. The maximum Gasteiger partial charge on any atom is 0.307 e. The minimum Gasteiger partial charge on any atom is -1.00 e. The molecular weight excluding hydrogens is 266 g/mol. The van der Waals surface area contributed by atoms with E-state index in [9.17, 15) is 9.59 Å². The first-order valence-electron chi connectivity index (χ1n) is 4.40. The van der Waals surface area contributed by atoms with E-state index in [1.54, 1.807) is 0 Å². The van der Waals surface area contributed by atoms with Gasteiger partial charge in [-0.3, -0.25) is 9.59 Å². The number of carboxylic acid groups (broad SMARTS) is 1. The van der Waals surface area contributed by atoms with Crippen molar-refractivity contribution >= 4 is 11.9 Å². The molecule has 0 bridgehead atoms. The van der Waals surface area contributed by atoms with Gasteiger partial charge in [-0.25, -0.2) is 0 Å². The van der Waals surface area contributed by atoms with Crippen molar-refractivity contribution < 1.29 is 40.9 Å². The number of quaternary nitrogens is 1. The summed E-state index contributed by atoms with van der Waals surface area (Å²) in [6, 6.07) is 0. The molecule has 0 spiro atoms. The molecule has 0 amide bonds. The van der Waals surface area contributed by atoms with E-state index < -0.39 is 18.0 Å². The van der Waals surface area contributed by atoms with Gasteiger partial charge in [0.2, 0.25) is 0 Å². The SMILES string of the molecule is CC(=O)OC(CC(=O)O)C[N+](C)(C)C.[Br-]. The number of hydrogen-bond acceptors (Lipinski definition) is 3. The Morgan fingerprint density at radius 2 is 1.80 bits per heavy atom. The van der Waals surface area contributed by atoms with Gasteiger partial charge in [-0.2, -0.15) is 0 Å². The molecule has 15 heavy (non-hydrogen) atoms. The molecule has 0 rings (SSSR count). The second-order valence-electron chi connectivity index (χ2n) is 4.30. The van der Waals surface area contributed by atoms with Crippen molar-refractivity contribution in [2.75, 3.05) is 27.7 Å². The van der Waals surface area contributed by atoms with E-state index in [1.807, 2.05) is 21.1 Å². The van der Waals surface area contributed by atoms with Crippen LogP contribution in [0.5, 0.6) is 0 Å². The lowest BCUT2D eigenvalue weighted by molar-refractivity contribution is -0.873. The van der Waals surface area contributed by atoms with E-state index in [1.165, 1.54) is 6.92 Å². The Labute approximate surface area is 100 Å². The van der Waals surface area contributed by atoms with Crippen LogP contribution in [0.3, 0.4) is 0 Å². The molecule has 0 aromatic heterocycles. The topological polar surface area (TPSA) is 63.6 Å². The largest absolute Gasteiger partial charge is 1.00 e. The van der Waals surface area contributed by atoms with Gasteiger partial charge in [-0.15, -0.1) is 0 Å². The first-order valence-corrected chi connectivity index (χ1v) is 4.40. The lowest BCUT2D eigenvalue weighted by Crippen LogP contribution is -3.00. The summed E-state index contributed by atoms with van der Waals surface area (Å²) in [5.41, 5.74) is 0. The van der Waals surface area contributed by atoms with Crippen molar-refractivity contribution in [3.8, 4) is 0 Å². The third kappa shape index (κ3) is 11.3. The number of aliphatic carboxylic acids is 1. The van der Waals surface area contributed by atoms with Crippen LogP contribution in [0, 0.1) is 0 Å². The number of nitrogens with zero attached hydrogens (tertiary/aromatic N) is 1. The number of halogens is 1. The van der Waals surface area contributed by atoms with Gasteiger partial charge in [-0.1, -0.05) is 0 Å². The number of carbonyl (C=O) groups excluding carboxylic acids is 1. The van der Waals surface area contributed by atoms with Crippen molar-refractivity contribution in [1.82, 2.24) is 0 Å². The minimum absolute atomic E-state index is 0. The van der Waals surface area contributed by atoms with Gasteiger partial charge >= 0.3 is 11.9 Å². The fourth-order valence-corrected chi connectivity index (χ4v) is 1.18. The van der Waals surface area contributed by atoms with Crippen molar-refractivity contribution in [1.29, 1.82) is 0 Å². The molecular formula is C9H18BrNO4. The van der Waals surface area contributed by atoms with Crippen molar-refractivity contribution in [2.24, 2.45) is 0 Å². The molecule has 1 atom stereocenters. The molecule has 90 valence electrons. The highest BCUT2D eigenvalue weighted by Gasteiger charge is 2.23.